The SMILES string of the molecule is CCOC(=O)CN1C(=O)S/C(=C\c2ccc(Sc3nnnn3-c3ccccc3)c([N+](=O)[O-])c2)C1=O. The van der Waals surface area contributed by atoms with E-state index < -0.39 is 28.6 Å². The number of imide groups is 1. The van der Waals surface area contributed by atoms with Gasteiger partial charge in [-0.25, -0.2) is 0 Å². The van der Waals surface area contributed by atoms with Crippen molar-refractivity contribution in [3.63, 3.8) is 0 Å². The molecule has 0 atom stereocenters. The number of rotatable bonds is 8. The number of benzene rings is 2. The average molecular weight is 513 g/mol. The molecule has 14 heteroatoms. The van der Waals surface area contributed by atoms with Gasteiger partial charge in [0.15, 0.2) is 0 Å². The smallest absolute Gasteiger partial charge is 0.326 e. The van der Waals surface area contributed by atoms with E-state index in [2.05, 4.69) is 15.5 Å². The fraction of sp³-hybridized carbons (Fsp3) is 0.143. The van der Waals surface area contributed by atoms with Crippen molar-refractivity contribution in [3.05, 3.63) is 69.1 Å². The molecule has 35 heavy (non-hydrogen) atoms. The summed E-state index contributed by atoms with van der Waals surface area (Å²) < 4.78 is 6.24. The Kier molecular flexibility index (Phi) is 7.22. The van der Waals surface area contributed by atoms with Gasteiger partial charge in [0.05, 0.1) is 27.0 Å². The highest BCUT2D eigenvalue weighted by atomic mass is 32.2. The molecule has 2 aromatic carbocycles. The number of nitrogens with zero attached hydrogens (tertiary/aromatic N) is 6. The zero-order valence-electron chi connectivity index (χ0n) is 18.1. The maximum absolute atomic E-state index is 12.6. The van der Waals surface area contributed by atoms with Gasteiger partial charge in [-0.3, -0.25) is 29.4 Å². The number of thioether (sulfide) groups is 1. The predicted octanol–water partition coefficient (Wildman–Crippen LogP) is 3.32. The monoisotopic (exact) mass is 512 g/mol. The van der Waals surface area contributed by atoms with E-state index >= 15 is 0 Å². The van der Waals surface area contributed by atoms with E-state index in [-0.39, 0.29) is 22.1 Å². The summed E-state index contributed by atoms with van der Waals surface area (Å²) in [5.74, 6) is -1.37. The Morgan fingerprint density at radius 1 is 1.23 bits per heavy atom. The first-order valence-corrected chi connectivity index (χ1v) is 11.7. The van der Waals surface area contributed by atoms with Gasteiger partial charge >= 0.3 is 5.97 Å². The van der Waals surface area contributed by atoms with Crippen molar-refractivity contribution < 1.29 is 24.0 Å². The van der Waals surface area contributed by atoms with Gasteiger partial charge in [-0.15, -0.1) is 5.10 Å². The zero-order valence-corrected chi connectivity index (χ0v) is 19.7. The molecule has 1 aliphatic rings. The maximum atomic E-state index is 12.6. The first-order chi connectivity index (χ1) is 16.9. The number of nitro groups is 1. The van der Waals surface area contributed by atoms with E-state index in [4.69, 9.17) is 4.74 Å². The van der Waals surface area contributed by atoms with Crippen molar-refractivity contribution >= 4 is 52.4 Å². The highest BCUT2D eigenvalue weighted by molar-refractivity contribution is 8.18. The summed E-state index contributed by atoms with van der Waals surface area (Å²) in [5.41, 5.74) is 0.806. The molecule has 0 radical (unpaired) electrons. The molecule has 0 unspecified atom stereocenters. The molecule has 3 aromatic rings. The molecule has 12 nitrogen and oxygen atoms in total. The number of carbonyl (C=O) groups excluding carboxylic acids is 3. The summed E-state index contributed by atoms with van der Waals surface area (Å²) >= 11 is 1.66. The molecule has 2 heterocycles. The Balaban J connectivity index is 1.59. The number of aromatic nitrogens is 4. The van der Waals surface area contributed by atoms with Crippen molar-refractivity contribution in [1.82, 2.24) is 25.1 Å². The molecule has 0 aliphatic carbocycles. The predicted molar refractivity (Wildman–Crippen MR) is 126 cm³/mol. The number of nitro benzene ring substituents is 1. The first kappa shape index (κ1) is 24.1. The largest absolute Gasteiger partial charge is 0.465 e. The van der Waals surface area contributed by atoms with Gasteiger partial charge in [-0.1, -0.05) is 24.3 Å². The van der Waals surface area contributed by atoms with Crippen LogP contribution in [0.2, 0.25) is 0 Å². The summed E-state index contributed by atoms with van der Waals surface area (Å²) in [6.07, 6.45) is 1.37. The van der Waals surface area contributed by atoms with Crippen LogP contribution in [0.15, 0.2) is 63.5 Å². The molecular weight excluding hydrogens is 496 g/mol. The topological polar surface area (TPSA) is 150 Å². The van der Waals surface area contributed by atoms with Crippen LogP contribution in [0, 0.1) is 10.1 Å². The second-order valence-electron chi connectivity index (χ2n) is 6.87. The number of ether oxygens (including phenoxy) is 1. The van der Waals surface area contributed by atoms with E-state index in [0.29, 0.717) is 28.2 Å². The van der Waals surface area contributed by atoms with Gasteiger partial charge in [0.2, 0.25) is 5.16 Å². The number of para-hydroxylation sites is 1. The fourth-order valence-electron chi connectivity index (χ4n) is 3.05. The molecule has 1 fully saturated rings. The number of tetrazole rings is 1. The Bertz CT molecular complexity index is 1340. The summed E-state index contributed by atoms with van der Waals surface area (Å²) in [4.78, 5) is 48.7. The Labute approximate surface area is 206 Å². The summed E-state index contributed by atoms with van der Waals surface area (Å²) in [5, 5.41) is 23.0. The van der Waals surface area contributed by atoms with E-state index in [1.165, 1.54) is 22.9 Å². The summed E-state index contributed by atoms with van der Waals surface area (Å²) in [7, 11) is 0. The summed E-state index contributed by atoms with van der Waals surface area (Å²) in [6, 6.07) is 13.5. The average Bonchev–Trinajstić information content (AvgIpc) is 3.40. The Morgan fingerprint density at radius 3 is 2.71 bits per heavy atom. The standard InChI is InChI=1S/C21H16N6O6S2/c1-2-33-18(28)12-25-19(29)17(35-21(25)30)11-13-8-9-16(15(10-13)27(31)32)34-20-22-23-24-26(20)14-6-4-3-5-7-14/h3-11H,2,12H2,1H3/b17-11-. The van der Waals surface area contributed by atoms with Crippen LogP contribution >= 0.6 is 23.5 Å². The lowest BCUT2D eigenvalue weighted by atomic mass is 10.2. The third kappa shape index (κ3) is 5.38. The molecule has 1 aromatic heterocycles. The number of esters is 1. The minimum absolute atomic E-state index is 0.0435. The van der Waals surface area contributed by atoms with Crippen molar-refractivity contribution in [1.29, 1.82) is 0 Å². The molecule has 4 rings (SSSR count). The van der Waals surface area contributed by atoms with Gasteiger partial charge in [0.25, 0.3) is 16.8 Å². The second-order valence-corrected chi connectivity index (χ2v) is 8.87. The number of carbonyl (C=O) groups is 3. The molecule has 0 saturated carbocycles. The quantitative estimate of drug-likeness (QED) is 0.189. The lowest BCUT2D eigenvalue weighted by Gasteiger charge is -2.10. The lowest BCUT2D eigenvalue weighted by molar-refractivity contribution is -0.387. The van der Waals surface area contributed by atoms with E-state index in [1.54, 1.807) is 25.1 Å². The second kappa shape index (κ2) is 10.5. The third-order valence-corrected chi connectivity index (χ3v) is 6.50. The van der Waals surface area contributed by atoms with Crippen LogP contribution in [0.4, 0.5) is 10.5 Å². The van der Waals surface area contributed by atoms with Crippen LogP contribution in [0.5, 0.6) is 0 Å². The van der Waals surface area contributed by atoms with Crippen molar-refractivity contribution in [3.8, 4) is 5.69 Å². The van der Waals surface area contributed by atoms with Gasteiger partial charge in [0, 0.05) is 6.07 Å². The van der Waals surface area contributed by atoms with Crippen LogP contribution in [0.1, 0.15) is 12.5 Å². The molecule has 2 amide bonds. The van der Waals surface area contributed by atoms with Crippen LogP contribution in [-0.4, -0.2) is 60.3 Å². The van der Waals surface area contributed by atoms with E-state index in [1.807, 2.05) is 18.2 Å². The lowest BCUT2D eigenvalue weighted by Crippen LogP contribution is -2.34. The van der Waals surface area contributed by atoms with Crippen LogP contribution in [0.25, 0.3) is 11.8 Å². The highest BCUT2D eigenvalue weighted by Gasteiger charge is 2.36. The van der Waals surface area contributed by atoms with Crippen molar-refractivity contribution in [2.45, 2.75) is 17.0 Å². The maximum Gasteiger partial charge on any atom is 0.326 e. The number of amides is 2. The zero-order chi connectivity index (χ0) is 24.9. The normalized spacial score (nSPS) is 14.5. The molecule has 0 spiro atoms. The number of hydrogen-bond donors (Lipinski definition) is 0. The Morgan fingerprint density at radius 2 is 2.00 bits per heavy atom. The molecular formula is C21H16N6O6S2. The van der Waals surface area contributed by atoms with Crippen LogP contribution < -0.4 is 0 Å². The van der Waals surface area contributed by atoms with Gasteiger partial charge in [0.1, 0.15) is 6.54 Å². The van der Waals surface area contributed by atoms with E-state index in [0.717, 1.165) is 16.7 Å². The third-order valence-electron chi connectivity index (χ3n) is 4.59. The molecule has 178 valence electrons. The summed E-state index contributed by atoms with van der Waals surface area (Å²) in [6.45, 7) is 1.24. The minimum atomic E-state index is -0.703. The first-order valence-electron chi connectivity index (χ1n) is 10.1. The van der Waals surface area contributed by atoms with Gasteiger partial charge in [-0.05, 0) is 70.7 Å². The number of hydrogen-bond acceptors (Lipinski definition) is 11. The van der Waals surface area contributed by atoms with E-state index in [9.17, 15) is 24.5 Å². The molecule has 0 N–H and O–H groups in total. The molecule has 1 saturated heterocycles. The van der Waals surface area contributed by atoms with Gasteiger partial charge in [-0.2, -0.15) is 4.68 Å². The molecule has 1 aliphatic heterocycles. The van der Waals surface area contributed by atoms with Crippen molar-refractivity contribution in [2.24, 2.45) is 0 Å². The fourth-order valence-corrected chi connectivity index (χ4v) is 4.76. The van der Waals surface area contributed by atoms with Crippen LogP contribution in [0.3, 0.4) is 0 Å². The highest BCUT2D eigenvalue weighted by Crippen LogP contribution is 2.37. The molecule has 0 bridgehead atoms. The minimum Gasteiger partial charge on any atom is -0.465 e. The van der Waals surface area contributed by atoms with Gasteiger partial charge < -0.3 is 4.74 Å². The Hall–Kier alpha value is -4.04. The van der Waals surface area contributed by atoms with Crippen molar-refractivity contribution in [2.75, 3.05) is 13.2 Å². The van der Waals surface area contributed by atoms with Crippen LogP contribution in [-0.2, 0) is 14.3 Å².